The normalized spacial score (nSPS) is 15.8. The molecule has 0 aliphatic carbocycles. The number of ether oxygens (including phenoxy) is 1. The molecule has 0 saturated carbocycles. The first-order valence-electron chi connectivity index (χ1n) is 9.42. The van der Waals surface area contributed by atoms with Crippen molar-refractivity contribution in [2.24, 2.45) is 0 Å². The first-order chi connectivity index (χ1) is 14.3. The van der Waals surface area contributed by atoms with E-state index in [9.17, 15) is 21.6 Å². The van der Waals surface area contributed by atoms with Crippen molar-refractivity contribution in [3.8, 4) is 0 Å². The van der Waals surface area contributed by atoms with Gasteiger partial charge in [-0.25, -0.2) is 16.8 Å². The van der Waals surface area contributed by atoms with Gasteiger partial charge < -0.3 is 9.64 Å². The van der Waals surface area contributed by atoms with Crippen LogP contribution in [0.4, 0.5) is 0 Å². The van der Waals surface area contributed by atoms with Crippen molar-refractivity contribution in [2.75, 3.05) is 45.6 Å². The summed E-state index contributed by atoms with van der Waals surface area (Å²) in [6, 6.07) is 14.0. The van der Waals surface area contributed by atoms with E-state index in [2.05, 4.69) is 0 Å². The van der Waals surface area contributed by atoms with Gasteiger partial charge in [-0.1, -0.05) is 18.2 Å². The van der Waals surface area contributed by atoms with Crippen molar-refractivity contribution in [2.45, 2.75) is 9.79 Å². The Morgan fingerprint density at radius 2 is 1.47 bits per heavy atom. The van der Waals surface area contributed by atoms with Gasteiger partial charge >= 0.3 is 0 Å². The van der Waals surface area contributed by atoms with E-state index in [-0.39, 0.29) is 54.2 Å². The van der Waals surface area contributed by atoms with Gasteiger partial charge in [0.25, 0.3) is 5.91 Å². The fourth-order valence-electron chi connectivity index (χ4n) is 3.17. The zero-order valence-corrected chi connectivity index (χ0v) is 18.2. The number of benzene rings is 2. The predicted octanol–water partition coefficient (Wildman–Crippen LogP) is 1.25. The summed E-state index contributed by atoms with van der Waals surface area (Å²) in [4.78, 5) is 14.7. The summed E-state index contributed by atoms with van der Waals surface area (Å²) >= 11 is 0. The maximum absolute atomic E-state index is 12.7. The molecule has 10 heteroatoms. The Balaban J connectivity index is 1.64. The smallest absolute Gasteiger partial charge is 0.253 e. The van der Waals surface area contributed by atoms with Crippen LogP contribution in [0.1, 0.15) is 10.4 Å². The van der Waals surface area contributed by atoms with Gasteiger partial charge in [-0.15, -0.1) is 0 Å². The van der Waals surface area contributed by atoms with E-state index in [1.54, 1.807) is 35.2 Å². The second kappa shape index (κ2) is 9.25. The van der Waals surface area contributed by atoms with Crippen LogP contribution in [0.5, 0.6) is 0 Å². The van der Waals surface area contributed by atoms with Crippen LogP contribution in [0.3, 0.4) is 0 Å². The number of hydrogen-bond acceptors (Lipinski definition) is 6. The summed E-state index contributed by atoms with van der Waals surface area (Å²) in [6.07, 6.45) is 0. The van der Waals surface area contributed by atoms with Crippen molar-refractivity contribution in [1.29, 1.82) is 0 Å². The van der Waals surface area contributed by atoms with Crippen LogP contribution in [0.2, 0.25) is 0 Å². The number of rotatable bonds is 7. The lowest BCUT2D eigenvalue weighted by Crippen LogP contribution is -2.50. The molecule has 3 rings (SSSR count). The molecule has 0 bridgehead atoms. The lowest BCUT2D eigenvalue weighted by Gasteiger charge is -2.34. The summed E-state index contributed by atoms with van der Waals surface area (Å²) in [5, 5.41) is 0. The number of amides is 1. The maximum atomic E-state index is 12.7. The third-order valence-corrected chi connectivity index (χ3v) is 8.53. The number of carbonyl (C=O) groups is 1. The van der Waals surface area contributed by atoms with E-state index < -0.39 is 19.9 Å². The molecule has 1 saturated heterocycles. The molecule has 8 nitrogen and oxygen atoms in total. The average Bonchev–Trinajstić information content (AvgIpc) is 2.78. The van der Waals surface area contributed by atoms with Gasteiger partial charge in [-0.3, -0.25) is 4.79 Å². The Bertz CT molecular complexity index is 1080. The van der Waals surface area contributed by atoms with Crippen LogP contribution in [-0.4, -0.2) is 77.6 Å². The van der Waals surface area contributed by atoms with E-state index in [1.165, 1.54) is 35.7 Å². The largest absolute Gasteiger partial charge is 0.384 e. The van der Waals surface area contributed by atoms with Gasteiger partial charge in [0, 0.05) is 38.9 Å². The van der Waals surface area contributed by atoms with E-state index >= 15 is 0 Å². The van der Waals surface area contributed by atoms with Crippen LogP contribution >= 0.6 is 0 Å². The number of nitrogens with zero attached hydrogens (tertiary/aromatic N) is 2. The van der Waals surface area contributed by atoms with E-state index in [0.29, 0.717) is 5.56 Å². The minimum absolute atomic E-state index is 0.0964. The predicted molar refractivity (Wildman–Crippen MR) is 111 cm³/mol. The summed E-state index contributed by atoms with van der Waals surface area (Å²) in [5.41, 5.74) is 0.361. The van der Waals surface area contributed by atoms with Crippen molar-refractivity contribution < 1.29 is 26.4 Å². The molecule has 0 spiro atoms. The highest BCUT2D eigenvalue weighted by molar-refractivity contribution is 7.91. The molecule has 0 radical (unpaired) electrons. The van der Waals surface area contributed by atoms with Gasteiger partial charge in [0.05, 0.1) is 22.2 Å². The third kappa shape index (κ3) is 4.89. The van der Waals surface area contributed by atoms with Crippen LogP contribution in [0.25, 0.3) is 0 Å². The van der Waals surface area contributed by atoms with Crippen LogP contribution in [0.15, 0.2) is 64.4 Å². The van der Waals surface area contributed by atoms with Crippen LogP contribution < -0.4 is 0 Å². The Morgan fingerprint density at radius 1 is 0.867 bits per heavy atom. The highest BCUT2D eigenvalue weighted by atomic mass is 32.2. The molecule has 30 heavy (non-hydrogen) atoms. The van der Waals surface area contributed by atoms with Gasteiger partial charge in [0.1, 0.15) is 0 Å². The summed E-state index contributed by atoms with van der Waals surface area (Å²) in [7, 11) is -5.62. The van der Waals surface area contributed by atoms with Crippen molar-refractivity contribution >= 4 is 25.8 Å². The van der Waals surface area contributed by atoms with Crippen molar-refractivity contribution in [3.63, 3.8) is 0 Å². The number of hydrogen-bond donors (Lipinski definition) is 0. The lowest BCUT2D eigenvalue weighted by atomic mass is 10.2. The number of sulfonamides is 1. The number of carbonyl (C=O) groups excluding carboxylic acids is 1. The van der Waals surface area contributed by atoms with E-state index in [4.69, 9.17) is 4.74 Å². The summed E-state index contributed by atoms with van der Waals surface area (Å²) in [6.45, 7) is 1.02. The molecular formula is C20H24N2O6S2. The highest BCUT2D eigenvalue weighted by Crippen LogP contribution is 2.19. The molecule has 0 unspecified atom stereocenters. The molecule has 0 N–H and O–H groups in total. The monoisotopic (exact) mass is 452 g/mol. The molecule has 162 valence electrons. The fourth-order valence-corrected chi connectivity index (χ4v) is 5.79. The van der Waals surface area contributed by atoms with Gasteiger partial charge in [0.15, 0.2) is 9.84 Å². The van der Waals surface area contributed by atoms with Crippen molar-refractivity contribution in [1.82, 2.24) is 9.21 Å². The summed E-state index contributed by atoms with van der Waals surface area (Å²) in [5.74, 6) is -0.387. The molecule has 1 aliphatic rings. The first-order valence-corrected chi connectivity index (χ1v) is 12.5. The van der Waals surface area contributed by atoms with E-state index in [1.807, 2.05) is 0 Å². The lowest BCUT2D eigenvalue weighted by molar-refractivity contribution is 0.0698. The Kier molecular flexibility index (Phi) is 6.91. The van der Waals surface area contributed by atoms with Crippen LogP contribution in [0, 0.1) is 0 Å². The van der Waals surface area contributed by atoms with Crippen molar-refractivity contribution in [3.05, 3.63) is 60.2 Å². The molecule has 1 amide bonds. The number of methoxy groups -OCH3 is 1. The minimum atomic E-state index is -3.59. The molecule has 2 aromatic carbocycles. The third-order valence-electron chi connectivity index (χ3n) is 4.92. The molecule has 0 atom stereocenters. The maximum Gasteiger partial charge on any atom is 0.253 e. The molecule has 1 fully saturated rings. The quantitative estimate of drug-likeness (QED) is 0.627. The number of piperazine rings is 1. The Labute approximate surface area is 177 Å². The Morgan fingerprint density at radius 3 is 2.03 bits per heavy atom. The summed E-state index contributed by atoms with van der Waals surface area (Å²) < 4.78 is 55.9. The minimum Gasteiger partial charge on any atom is -0.384 e. The van der Waals surface area contributed by atoms with Gasteiger partial charge in [-0.2, -0.15) is 4.31 Å². The van der Waals surface area contributed by atoms with E-state index in [0.717, 1.165) is 0 Å². The second-order valence-corrected chi connectivity index (χ2v) is 10.9. The molecular weight excluding hydrogens is 428 g/mol. The van der Waals surface area contributed by atoms with Gasteiger partial charge in [0.2, 0.25) is 10.0 Å². The van der Waals surface area contributed by atoms with Crippen LogP contribution in [-0.2, 0) is 24.6 Å². The first kappa shape index (κ1) is 22.4. The molecule has 1 aliphatic heterocycles. The highest BCUT2D eigenvalue weighted by Gasteiger charge is 2.30. The topological polar surface area (TPSA) is 101 Å². The average molecular weight is 453 g/mol. The zero-order valence-electron chi connectivity index (χ0n) is 16.6. The second-order valence-electron chi connectivity index (χ2n) is 6.85. The molecule has 0 aromatic heterocycles. The SMILES string of the molecule is COCCS(=O)(=O)c1ccc(C(=O)N2CCN(S(=O)(=O)c3ccccc3)CC2)cc1. The Hall–Kier alpha value is -2.27. The number of sulfone groups is 1. The fraction of sp³-hybridized carbons (Fsp3) is 0.350. The zero-order chi connectivity index (χ0) is 21.8. The van der Waals surface area contributed by atoms with Gasteiger partial charge in [-0.05, 0) is 36.4 Å². The molecule has 2 aromatic rings. The standard InChI is InChI=1S/C20H24N2O6S2/c1-28-15-16-29(24,25)18-9-7-17(8-10-18)20(23)21-11-13-22(14-12-21)30(26,27)19-5-3-2-4-6-19/h2-10H,11-16H2,1H3. The molecule has 1 heterocycles.